The van der Waals surface area contributed by atoms with Crippen molar-refractivity contribution in [3.8, 4) is 22.4 Å². The van der Waals surface area contributed by atoms with E-state index >= 15 is 0 Å². The van der Waals surface area contributed by atoms with Crippen molar-refractivity contribution in [3.05, 3.63) is 75.5 Å². The minimum atomic E-state index is 0.0857. The van der Waals surface area contributed by atoms with Crippen molar-refractivity contribution in [2.75, 3.05) is 0 Å². The molecule has 0 saturated carbocycles. The van der Waals surface area contributed by atoms with Gasteiger partial charge < -0.3 is 0 Å². The van der Waals surface area contributed by atoms with Crippen LogP contribution in [0.15, 0.2) is 36.5 Å². The average Bonchev–Trinajstić information content (AvgIpc) is 2.95. The SMILES string of the molecule is CC(=O)c1cnc(-c2cccc(C)c2C)c2c1Cc1cc(C)c(C)cc1-2. The van der Waals surface area contributed by atoms with Crippen LogP contribution in [0.3, 0.4) is 0 Å². The van der Waals surface area contributed by atoms with Crippen LogP contribution in [0.2, 0.25) is 0 Å². The fourth-order valence-electron chi connectivity index (χ4n) is 3.98. The van der Waals surface area contributed by atoms with Crippen LogP contribution in [-0.2, 0) is 6.42 Å². The highest BCUT2D eigenvalue weighted by molar-refractivity contribution is 6.01. The summed E-state index contributed by atoms with van der Waals surface area (Å²) in [5.41, 5.74) is 12.8. The van der Waals surface area contributed by atoms with Crippen LogP contribution in [0.1, 0.15) is 50.7 Å². The van der Waals surface area contributed by atoms with Crippen LogP contribution in [0.25, 0.3) is 22.4 Å². The molecule has 0 saturated heterocycles. The van der Waals surface area contributed by atoms with Gasteiger partial charge in [0.1, 0.15) is 0 Å². The van der Waals surface area contributed by atoms with Gasteiger partial charge in [-0.2, -0.15) is 0 Å². The molecule has 1 aromatic heterocycles. The molecular formula is C24H23NO. The third kappa shape index (κ3) is 2.40. The number of fused-ring (bicyclic) bond motifs is 3. The molecule has 26 heavy (non-hydrogen) atoms. The van der Waals surface area contributed by atoms with E-state index in [9.17, 15) is 4.79 Å². The molecule has 0 N–H and O–H groups in total. The van der Waals surface area contributed by atoms with Crippen molar-refractivity contribution >= 4 is 5.78 Å². The standard InChI is InChI=1S/C24H23NO/c1-13-7-6-8-19(16(13)4)24-23-20-10-15(3)14(2)9-18(20)11-21(23)22(12-25-24)17(5)26/h6-10,12H,11H2,1-5H3. The molecule has 0 radical (unpaired) electrons. The second kappa shape index (κ2) is 5.91. The lowest BCUT2D eigenvalue weighted by Crippen LogP contribution is -2.02. The van der Waals surface area contributed by atoms with Crippen LogP contribution in [-0.4, -0.2) is 10.8 Å². The summed E-state index contributed by atoms with van der Waals surface area (Å²) < 4.78 is 0. The number of pyridine rings is 1. The van der Waals surface area contributed by atoms with Gasteiger partial charge in [0, 0.05) is 22.9 Å². The first-order valence-corrected chi connectivity index (χ1v) is 9.08. The average molecular weight is 341 g/mol. The summed E-state index contributed by atoms with van der Waals surface area (Å²) in [6.07, 6.45) is 2.57. The summed E-state index contributed by atoms with van der Waals surface area (Å²) >= 11 is 0. The van der Waals surface area contributed by atoms with Gasteiger partial charge in [0.25, 0.3) is 0 Å². The highest BCUT2D eigenvalue weighted by Gasteiger charge is 2.28. The number of ketones is 1. The number of hydrogen-bond acceptors (Lipinski definition) is 2. The molecule has 1 heterocycles. The fourth-order valence-corrected chi connectivity index (χ4v) is 3.98. The molecule has 0 spiro atoms. The number of benzene rings is 2. The Bertz CT molecular complexity index is 1080. The summed E-state index contributed by atoms with van der Waals surface area (Å²) in [4.78, 5) is 17.0. The van der Waals surface area contributed by atoms with Crippen LogP contribution in [0, 0.1) is 27.7 Å². The molecule has 0 unspecified atom stereocenters. The lowest BCUT2D eigenvalue weighted by atomic mass is 9.92. The molecule has 1 aliphatic carbocycles. The molecule has 130 valence electrons. The quantitative estimate of drug-likeness (QED) is 0.434. The Morgan fingerprint density at radius 1 is 0.962 bits per heavy atom. The lowest BCUT2D eigenvalue weighted by molar-refractivity contribution is 0.101. The van der Waals surface area contributed by atoms with Gasteiger partial charge in [0.05, 0.1) is 5.69 Å². The van der Waals surface area contributed by atoms with E-state index in [-0.39, 0.29) is 5.78 Å². The maximum absolute atomic E-state index is 12.2. The van der Waals surface area contributed by atoms with E-state index < -0.39 is 0 Å². The molecule has 0 amide bonds. The summed E-state index contributed by atoms with van der Waals surface area (Å²) in [6.45, 7) is 10.2. The van der Waals surface area contributed by atoms with Crippen molar-refractivity contribution in [1.29, 1.82) is 0 Å². The summed E-state index contributed by atoms with van der Waals surface area (Å²) in [5, 5.41) is 0. The molecule has 3 aromatic rings. The maximum Gasteiger partial charge on any atom is 0.161 e. The Balaban J connectivity index is 2.08. The Kier molecular flexibility index (Phi) is 3.80. The molecule has 0 atom stereocenters. The molecule has 0 bridgehead atoms. The van der Waals surface area contributed by atoms with Gasteiger partial charge in [0.2, 0.25) is 0 Å². The van der Waals surface area contributed by atoms with Crippen molar-refractivity contribution in [2.45, 2.75) is 41.0 Å². The number of aryl methyl sites for hydroxylation is 3. The van der Waals surface area contributed by atoms with Crippen LogP contribution in [0.4, 0.5) is 0 Å². The van der Waals surface area contributed by atoms with E-state index in [1.807, 2.05) is 0 Å². The Hall–Kier alpha value is -2.74. The Labute approximate surface area is 154 Å². The van der Waals surface area contributed by atoms with Gasteiger partial charge in [-0.05, 0) is 80.0 Å². The van der Waals surface area contributed by atoms with Crippen LogP contribution < -0.4 is 0 Å². The van der Waals surface area contributed by atoms with Gasteiger partial charge in [-0.15, -0.1) is 0 Å². The van der Waals surface area contributed by atoms with Crippen LogP contribution in [0.5, 0.6) is 0 Å². The first kappa shape index (κ1) is 16.7. The van der Waals surface area contributed by atoms with Crippen LogP contribution >= 0.6 is 0 Å². The molecule has 2 aromatic carbocycles. The summed E-state index contributed by atoms with van der Waals surface area (Å²) in [7, 11) is 0. The van der Waals surface area contributed by atoms with E-state index in [4.69, 9.17) is 4.98 Å². The second-order valence-electron chi connectivity index (χ2n) is 7.45. The number of carbonyl (C=O) groups is 1. The first-order valence-electron chi connectivity index (χ1n) is 9.08. The zero-order valence-electron chi connectivity index (χ0n) is 16.0. The zero-order valence-corrected chi connectivity index (χ0v) is 16.0. The number of nitrogens with zero attached hydrogens (tertiary/aromatic N) is 1. The van der Waals surface area contributed by atoms with Crippen molar-refractivity contribution in [1.82, 2.24) is 4.98 Å². The third-order valence-corrected chi connectivity index (χ3v) is 5.78. The highest BCUT2D eigenvalue weighted by atomic mass is 16.1. The van der Waals surface area contributed by atoms with Gasteiger partial charge in [-0.3, -0.25) is 9.78 Å². The summed E-state index contributed by atoms with van der Waals surface area (Å²) in [5.74, 6) is 0.0857. The van der Waals surface area contributed by atoms with Crippen molar-refractivity contribution < 1.29 is 4.79 Å². The molecule has 4 rings (SSSR count). The largest absolute Gasteiger partial charge is 0.294 e. The molecule has 0 aliphatic heterocycles. The number of carbonyl (C=O) groups excluding carboxylic acids is 1. The van der Waals surface area contributed by atoms with E-state index in [1.165, 1.54) is 33.4 Å². The Morgan fingerprint density at radius 2 is 1.69 bits per heavy atom. The lowest BCUT2D eigenvalue weighted by Gasteiger charge is -2.15. The zero-order chi connectivity index (χ0) is 18.6. The van der Waals surface area contributed by atoms with E-state index in [0.29, 0.717) is 0 Å². The number of rotatable bonds is 2. The van der Waals surface area contributed by atoms with Crippen molar-refractivity contribution in [2.24, 2.45) is 0 Å². The maximum atomic E-state index is 12.2. The number of Topliss-reactive ketones (excluding diaryl/α,β-unsaturated/α-hetero) is 1. The minimum Gasteiger partial charge on any atom is -0.294 e. The monoisotopic (exact) mass is 341 g/mol. The molecule has 2 nitrogen and oxygen atoms in total. The smallest absolute Gasteiger partial charge is 0.161 e. The highest BCUT2D eigenvalue weighted by Crippen LogP contribution is 2.45. The molecule has 0 fully saturated rings. The van der Waals surface area contributed by atoms with Gasteiger partial charge in [-0.25, -0.2) is 0 Å². The minimum absolute atomic E-state index is 0.0857. The first-order chi connectivity index (χ1) is 12.4. The molecular weight excluding hydrogens is 318 g/mol. The Morgan fingerprint density at radius 3 is 2.42 bits per heavy atom. The van der Waals surface area contributed by atoms with E-state index in [2.05, 4.69) is 58.0 Å². The normalized spacial score (nSPS) is 12.0. The van der Waals surface area contributed by atoms with E-state index in [1.54, 1.807) is 13.1 Å². The van der Waals surface area contributed by atoms with Crippen molar-refractivity contribution in [3.63, 3.8) is 0 Å². The number of aromatic nitrogens is 1. The second-order valence-corrected chi connectivity index (χ2v) is 7.45. The predicted molar refractivity (Wildman–Crippen MR) is 107 cm³/mol. The molecule has 2 heteroatoms. The third-order valence-electron chi connectivity index (χ3n) is 5.78. The van der Waals surface area contributed by atoms with E-state index in [0.717, 1.165) is 34.4 Å². The molecule has 1 aliphatic rings. The number of hydrogen-bond donors (Lipinski definition) is 0. The summed E-state index contributed by atoms with van der Waals surface area (Å²) in [6, 6.07) is 10.9. The van der Waals surface area contributed by atoms with Gasteiger partial charge >= 0.3 is 0 Å². The fraction of sp³-hybridized carbons (Fsp3) is 0.250. The predicted octanol–water partition coefficient (Wildman–Crippen LogP) is 5.76. The topological polar surface area (TPSA) is 30.0 Å². The van der Waals surface area contributed by atoms with Gasteiger partial charge in [-0.1, -0.05) is 30.3 Å². The van der Waals surface area contributed by atoms with Gasteiger partial charge in [0.15, 0.2) is 5.78 Å².